The fourth-order valence-corrected chi connectivity index (χ4v) is 2.64. The predicted octanol–water partition coefficient (Wildman–Crippen LogP) is 0.842. The number of ether oxygens (including phenoxy) is 1. The van der Waals surface area contributed by atoms with E-state index in [4.69, 9.17) is 4.74 Å². The van der Waals surface area contributed by atoms with E-state index in [1.165, 1.54) is 6.33 Å². The molecule has 1 aliphatic rings. The molecule has 2 heterocycles. The van der Waals surface area contributed by atoms with E-state index in [1.54, 1.807) is 4.68 Å². The first-order chi connectivity index (χ1) is 10.6. The molecule has 1 aromatic heterocycles. The maximum absolute atomic E-state index is 12.5. The van der Waals surface area contributed by atoms with E-state index in [0.717, 1.165) is 11.3 Å². The van der Waals surface area contributed by atoms with Crippen LogP contribution >= 0.6 is 0 Å². The summed E-state index contributed by atoms with van der Waals surface area (Å²) in [5, 5.41) is 11.0. The monoisotopic (exact) mass is 301 g/mol. The van der Waals surface area contributed by atoms with Crippen molar-refractivity contribution >= 4 is 5.91 Å². The van der Waals surface area contributed by atoms with Crippen LogP contribution in [0.2, 0.25) is 0 Å². The van der Waals surface area contributed by atoms with Crippen molar-refractivity contribution in [3.05, 3.63) is 36.2 Å². The molecule has 7 nitrogen and oxygen atoms in total. The van der Waals surface area contributed by atoms with Gasteiger partial charge in [0.2, 0.25) is 5.91 Å². The zero-order valence-electron chi connectivity index (χ0n) is 12.8. The molecule has 0 saturated carbocycles. The second kappa shape index (κ2) is 5.84. The molecule has 0 aliphatic carbocycles. The van der Waals surface area contributed by atoms with Crippen LogP contribution in [-0.4, -0.2) is 56.3 Å². The fourth-order valence-electron chi connectivity index (χ4n) is 2.64. The SMILES string of the molecule is CC1(C)COCCN1C(=O)Cc1ccc(-n2cnnn2)cc1. The first-order valence-electron chi connectivity index (χ1n) is 7.27. The number of nitrogens with zero attached hydrogens (tertiary/aromatic N) is 5. The average molecular weight is 301 g/mol. The topological polar surface area (TPSA) is 73.1 Å². The number of aromatic nitrogens is 4. The largest absolute Gasteiger partial charge is 0.377 e. The predicted molar refractivity (Wildman–Crippen MR) is 79.5 cm³/mol. The van der Waals surface area contributed by atoms with Crippen LogP contribution in [-0.2, 0) is 16.0 Å². The van der Waals surface area contributed by atoms with Crippen molar-refractivity contribution in [2.75, 3.05) is 19.8 Å². The minimum Gasteiger partial charge on any atom is -0.377 e. The summed E-state index contributed by atoms with van der Waals surface area (Å²) in [5.41, 5.74) is 1.60. The van der Waals surface area contributed by atoms with Gasteiger partial charge in [-0.3, -0.25) is 4.79 Å². The van der Waals surface area contributed by atoms with Crippen molar-refractivity contribution in [1.82, 2.24) is 25.1 Å². The van der Waals surface area contributed by atoms with Gasteiger partial charge >= 0.3 is 0 Å². The van der Waals surface area contributed by atoms with Crippen LogP contribution in [0.1, 0.15) is 19.4 Å². The third-order valence-corrected chi connectivity index (χ3v) is 3.85. The lowest BCUT2D eigenvalue weighted by Crippen LogP contribution is -2.55. The molecule has 2 aromatic rings. The normalized spacial score (nSPS) is 17.5. The molecule has 1 fully saturated rings. The van der Waals surface area contributed by atoms with Crippen molar-refractivity contribution in [2.45, 2.75) is 25.8 Å². The quantitative estimate of drug-likeness (QED) is 0.840. The number of morpholine rings is 1. The highest BCUT2D eigenvalue weighted by molar-refractivity contribution is 5.79. The van der Waals surface area contributed by atoms with Crippen LogP contribution in [0, 0.1) is 0 Å². The molecule has 7 heteroatoms. The summed E-state index contributed by atoms with van der Waals surface area (Å²) in [6.45, 7) is 5.90. The minimum absolute atomic E-state index is 0.128. The average Bonchev–Trinajstić information content (AvgIpc) is 3.01. The summed E-state index contributed by atoms with van der Waals surface area (Å²) in [6, 6.07) is 7.68. The first-order valence-corrected chi connectivity index (χ1v) is 7.27. The van der Waals surface area contributed by atoms with E-state index >= 15 is 0 Å². The van der Waals surface area contributed by atoms with Crippen LogP contribution < -0.4 is 0 Å². The van der Waals surface area contributed by atoms with Gasteiger partial charge in [0.25, 0.3) is 0 Å². The first kappa shape index (κ1) is 14.6. The second-order valence-corrected chi connectivity index (χ2v) is 6.01. The molecule has 3 rings (SSSR count). The Hall–Kier alpha value is -2.28. The standard InChI is InChI=1S/C15H19N5O2/c1-15(2)10-22-8-7-19(15)14(21)9-12-3-5-13(6-4-12)20-11-16-17-18-20/h3-6,11H,7-10H2,1-2H3. The van der Waals surface area contributed by atoms with E-state index in [1.807, 2.05) is 43.0 Å². The molecule has 22 heavy (non-hydrogen) atoms. The third kappa shape index (κ3) is 2.99. The summed E-state index contributed by atoms with van der Waals surface area (Å²) in [6.07, 6.45) is 1.93. The second-order valence-electron chi connectivity index (χ2n) is 6.01. The fraction of sp³-hybridized carbons (Fsp3) is 0.467. The smallest absolute Gasteiger partial charge is 0.227 e. The molecule has 0 atom stereocenters. The lowest BCUT2D eigenvalue weighted by molar-refractivity contribution is -0.145. The molecule has 0 spiro atoms. The Labute approximate surface area is 128 Å². The van der Waals surface area contributed by atoms with Gasteiger partial charge in [0.05, 0.1) is 30.9 Å². The van der Waals surface area contributed by atoms with E-state index in [-0.39, 0.29) is 11.4 Å². The summed E-state index contributed by atoms with van der Waals surface area (Å²) in [5.74, 6) is 0.128. The Morgan fingerprint density at radius 2 is 2.09 bits per heavy atom. The van der Waals surface area contributed by atoms with Gasteiger partial charge in [-0.2, -0.15) is 0 Å². The van der Waals surface area contributed by atoms with Crippen LogP contribution in [0.4, 0.5) is 0 Å². The Morgan fingerprint density at radius 1 is 1.32 bits per heavy atom. The van der Waals surface area contributed by atoms with Crippen molar-refractivity contribution in [2.24, 2.45) is 0 Å². The van der Waals surface area contributed by atoms with E-state index in [9.17, 15) is 4.79 Å². The maximum atomic E-state index is 12.5. The Morgan fingerprint density at radius 3 is 2.73 bits per heavy atom. The van der Waals surface area contributed by atoms with Crippen molar-refractivity contribution in [3.63, 3.8) is 0 Å². The highest BCUT2D eigenvalue weighted by atomic mass is 16.5. The number of hydrogen-bond donors (Lipinski definition) is 0. The van der Waals surface area contributed by atoms with Gasteiger partial charge in [0, 0.05) is 6.54 Å². The number of rotatable bonds is 3. The number of carbonyl (C=O) groups is 1. The maximum Gasteiger partial charge on any atom is 0.227 e. The molecule has 0 radical (unpaired) electrons. The van der Waals surface area contributed by atoms with E-state index in [2.05, 4.69) is 15.5 Å². The third-order valence-electron chi connectivity index (χ3n) is 3.85. The summed E-state index contributed by atoms with van der Waals surface area (Å²) >= 11 is 0. The van der Waals surface area contributed by atoms with E-state index in [0.29, 0.717) is 26.2 Å². The summed E-state index contributed by atoms with van der Waals surface area (Å²) in [7, 11) is 0. The van der Waals surface area contributed by atoms with Gasteiger partial charge in [0.15, 0.2) is 0 Å². The van der Waals surface area contributed by atoms with Crippen LogP contribution in [0.5, 0.6) is 0 Å². The van der Waals surface area contributed by atoms with Crippen molar-refractivity contribution in [3.8, 4) is 5.69 Å². The van der Waals surface area contributed by atoms with Gasteiger partial charge in [-0.25, -0.2) is 4.68 Å². The highest BCUT2D eigenvalue weighted by Gasteiger charge is 2.33. The van der Waals surface area contributed by atoms with Crippen molar-refractivity contribution in [1.29, 1.82) is 0 Å². The number of carbonyl (C=O) groups excluding carboxylic acids is 1. The summed E-state index contributed by atoms with van der Waals surface area (Å²) in [4.78, 5) is 14.4. The van der Waals surface area contributed by atoms with Gasteiger partial charge in [0.1, 0.15) is 6.33 Å². The van der Waals surface area contributed by atoms with Gasteiger partial charge in [-0.15, -0.1) is 5.10 Å². The zero-order chi connectivity index (χ0) is 15.6. The van der Waals surface area contributed by atoms with Crippen LogP contribution in [0.25, 0.3) is 5.69 Å². The molecular formula is C15H19N5O2. The molecule has 1 aromatic carbocycles. The zero-order valence-corrected chi connectivity index (χ0v) is 12.8. The van der Waals surface area contributed by atoms with Crippen LogP contribution in [0.3, 0.4) is 0 Å². The molecule has 1 aliphatic heterocycles. The summed E-state index contributed by atoms with van der Waals surface area (Å²) < 4.78 is 7.04. The number of hydrogen-bond acceptors (Lipinski definition) is 5. The van der Waals surface area contributed by atoms with E-state index < -0.39 is 0 Å². The molecular weight excluding hydrogens is 282 g/mol. The lowest BCUT2D eigenvalue weighted by Gasteiger charge is -2.42. The number of benzene rings is 1. The number of amides is 1. The Bertz CT molecular complexity index is 636. The van der Waals surface area contributed by atoms with Gasteiger partial charge < -0.3 is 9.64 Å². The van der Waals surface area contributed by atoms with Crippen LogP contribution in [0.15, 0.2) is 30.6 Å². The van der Waals surface area contributed by atoms with Gasteiger partial charge in [-0.05, 0) is 42.0 Å². The molecule has 0 unspecified atom stereocenters. The molecule has 0 N–H and O–H groups in total. The number of tetrazole rings is 1. The lowest BCUT2D eigenvalue weighted by atomic mass is 10.0. The molecule has 0 bridgehead atoms. The minimum atomic E-state index is -0.248. The Balaban J connectivity index is 1.69. The molecule has 1 amide bonds. The highest BCUT2D eigenvalue weighted by Crippen LogP contribution is 2.20. The molecule has 1 saturated heterocycles. The van der Waals surface area contributed by atoms with Crippen molar-refractivity contribution < 1.29 is 9.53 Å². The van der Waals surface area contributed by atoms with Gasteiger partial charge in [-0.1, -0.05) is 12.1 Å². The molecule has 116 valence electrons. The Kier molecular flexibility index (Phi) is 3.89.